The Morgan fingerprint density at radius 3 is 2.24 bits per heavy atom. The van der Waals surface area contributed by atoms with Crippen LogP contribution in [0, 0.1) is 11.3 Å². The van der Waals surface area contributed by atoms with Crippen LogP contribution in [0.5, 0.6) is 0 Å². The first-order valence-corrected chi connectivity index (χ1v) is 12.6. The number of sulfonamides is 1. The second kappa shape index (κ2) is 10.5. The number of nitrogens with zero attached hydrogens (tertiary/aromatic N) is 2. The van der Waals surface area contributed by atoms with Crippen LogP contribution in [0.1, 0.15) is 25.7 Å². The number of piperazine rings is 1. The monoisotopic (exact) mass is 513 g/mol. The zero-order valence-electron chi connectivity index (χ0n) is 18.2. The summed E-state index contributed by atoms with van der Waals surface area (Å²) >= 11 is 6.02. The molecule has 2 aromatic carbocycles. The lowest BCUT2D eigenvalue weighted by molar-refractivity contribution is -0.137. The molecule has 4 rings (SSSR count). The molecular weight excluding hydrogens is 485 g/mol. The lowest BCUT2D eigenvalue weighted by Gasteiger charge is -2.37. The molecule has 2 aromatic rings. The van der Waals surface area contributed by atoms with Gasteiger partial charge in [-0.1, -0.05) is 23.7 Å². The fourth-order valence-electron chi connectivity index (χ4n) is 4.62. The second-order valence-electron chi connectivity index (χ2n) is 8.49. The van der Waals surface area contributed by atoms with E-state index in [-0.39, 0.29) is 54.2 Å². The van der Waals surface area contributed by atoms with Gasteiger partial charge < -0.3 is 16.0 Å². The van der Waals surface area contributed by atoms with Crippen LogP contribution in [0.15, 0.2) is 41.3 Å². The fraction of sp³-hybridized carbons (Fsp3) is 0.455. The van der Waals surface area contributed by atoms with Gasteiger partial charge in [-0.3, -0.25) is 10.2 Å². The van der Waals surface area contributed by atoms with E-state index in [9.17, 15) is 13.2 Å². The minimum atomic E-state index is -3.63. The van der Waals surface area contributed by atoms with Crippen molar-refractivity contribution in [2.24, 2.45) is 11.7 Å². The minimum Gasteiger partial charge on any atom is -0.370 e. The highest BCUT2D eigenvalue weighted by molar-refractivity contribution is 7.89. The number of hydrogen-bond donors (Lipinski definition) is 3. The topological polar surface area (TPSA) is 120 Å². The molecule has 0 aromatic heterocycles. The van der Waals surface area contributed by atoms with Gasteiger partial charge in [0.2, 0.25) is 15.9 Å². The van der Waals surface area contributed by atoms with Crippen molar-refractivity contribution in [2.45, 2.75) is 36.6 Å². The number of benzene rings is 2. The normalized spacial score (nSPS) is 21.9. The molecule has 1 aliphatic carbocycles. The summed E-state index contributed by atoms with van der Waals surface area (Å²) in [4.78, 5) is 15.0. The van der Waals surface area contributed by atoms with Crippen LogP contribution in [0.2, 0.25) is 5.02 Å². The molecule has 1 heterocycles. The van der Waals surface area contributed by atoms with Crippen molar-refractivity contribution >= 4 is 56.7 Å². The largest absolute Gasteiger partial charge is 0.370 e. The molecule has 4 N–H and O–H groups in total. The maximum Gasteiger partial charge on any atom is 0.243 e. The maximum absolute atomic E-state index is 13.2. The average Bonchev–Trinajstić information content (AvgIpc) is 2.78. The molecule has 1 aliphatic heterocycles. The van der Waals surface area contributed by atoms with Gasteiger partial charge in [0.1, 0.15) is 0 Å². The Morgan fingerprint density at radius 2 is 1.61 bits per heavy atom. The predicted molar refractivity (Wildman–Crippen MR) is 132 cm³/mol. The summed E-state index contributed by atoms with van der Waals surface area (Å²) in [6.45, 7) is 1.36. The predicted octanol–water partition coefficient (Wildman–Crippen LogP) is 2.79. The van der Waals surface area contributed by atoms with E-state index in [0.29, 0.717) is 18.1 Å². The summed E-state index contributed by atoms with van der Waals surface area (Å²) in [5.74, 6) is 0.0219. The molecule has 11 heteroatoms. The Kier molecular flexibility index (Phi) is 8.10. The first-order valence-electron chi connectivity index (χ1n) is 10.8. The van der Waals surface area contributed by atoms with Gasteiger partial charge in [0, 0.05) is 43.2 Å². The lowest BCUT2D eigenvalue weighted by atomic mass is 9.85. The molecule has 8 nitrogen and oxygen atoms in total. The average molecular weight is 514 g/mol. The van der Waals surface area contributed by atoms with Crippen LogP contribution in [0.4, 0.5) is 0 Å². The van der Waals surface area contributed by atoms with Crippen LogP contribution in [-0.2, 0) is 14.8 Å². The van der Waals surface area contributed by atoms with E-state index in [1.807, 2.05) is 6.07 Å². The molecule has 0 spiro atoms. The Balaban J connectivity index is 0.00000306. The van der Waals surface area contributed by atoms with Crippen LogP contribution in [-0.4, -0.2) is 61.7 Å². The van der Waals surface area contributed by atoms with E-state index in [1.54, 1.807) is 35.2 Å². The van der Waals surface area contributed by atoms with Gasteiger partial charge in [0.05, 0.1) is 4.90 Å². The SMILES string of the molecule is Cl.N=C(N)N[C@H]1CC[C@H](C(=O)N2CCN(S(=O)(=O)c3ccc4cc(Cl)ccc4c3)CC2)CC1. The molecule has 1 amide bonds. The second-order valence-corrected chi connectivity index (χ2v) is 10.9. The molecular formula is C22H29Cl2N5O3S. The summed E-state index contributed by atoms with van der Waals surface area (Å²) in [5, 5.41) is 12.6. The van der Waals surface area contributed by atoms with Gasteiger partial charge in [-0.2, -0.15) is 4.31 Å². The zero-order chi connectivity index (χ0) is 22.9. The van der Waals surface area contributed by atoms with Crippen LogP contribution < -0.4 is 11.1 Å². The highest BCUT2D eigenvalue weighted by atomic mass is 35.5. The first kappa shape index (κ1) is 25.6. The number of carbonyl (C=O) groups excluding carboxylic acids is 1. The van der Waals surface area contributed by atoms with Crippen molar-refractivity contribution in [1.82, 2.24) is 14.5 Å². The Bertz CT molecular complexity index is 1130. The molecule has 0 atom stereocenters. The summed E-state index contributed by atoms with van der Waals surface area (Å²) < 4.78 is 27.8. The van der Waals surface area contributed by atoms with Gasteiger partial charge >= 0.3 is 0 Å². The number of guanidine groups is 1. The molecule has 0 radical (unpaired) electrons. The van der Waals surface area contributed by atoms with E-state index in [4.69, 9.17) is 22.7 Å². The molecule has 2 fully saturated rings. The van der Waals surface area contributed by atoms with Crippen molar-refractivity contribution in [1.29, 1.82) is 5.41 Å². The Labute approximate surface area is 205 Å². The molecule has 1 saturated carbocycles. The Hall–Kier alpha value is -2.07. The summed E-state index contributed by atoms with van der Waals surface area (Å²) in [6.07, 6.45) is 3.11. The summed E-state index contributed by atoms with van der Waals surface area (Å²) in [7, 11) is -3.63. The lowest BCUT2D eigenvalue weighted by Crippen LogP contribution is -2.52. The molecule has 33 heavy (non-hydrogen) atoms. The van der Waals surface area contributed by atoms with Crippen molar-refractivity contribution in [2.75, 3.05) is 26.2 Å². The fourth-order valence-corrected chi connectivity index (χ4v) is 6.25. The molecule has 180 valence electrons. The number of hydrogen-bond acceptors (Lipinski definition) is 4. The van der Waals surface area contributed by atoms with Gasteiger partial charge in [0.25, 0.3) is 0 Å². The van der Waals surface area contributed by atoms with Gasteiger partial charge in [-0.15, -0.1) is 12.4 Å². The van der Waals surface area contributed by atoms with Crippen molar-refractivity contribution in [3.05, 3.63) is 41.4 Å². The highest BCUT2D eigenvalue weighted by Crippen LogP contribution is 2.28. The number of carbonyl (C=O) groups is 1. The van der Waals surface area contributed by atoms with Crippen LogP contribution in [0.25, 0.3) is 10.8 Å². The maximum atomic E-state index is 13.2. The standard InChI is InChI=1S/C22H28ClN5O3S.ClH/c23-18-5-1-17-14-20(8-4-16(17)13-18)32(30,31)28-11-9-27(10-12-28)21(29)15-2-6-19(7-3-15)26-22(24)25;/h1,4-5,8,13-15,19H,2-3,6-7,9-12H2,(H4,24,25,26);1H/t15-,19-;. The number of nitrogens with one attached hydrogen (secondary N) is 2. The quantitative estimate of drug-likeness (QED) is 0.428. The first-order chi connectivity index (χ1) is 15.2. The highest BCUT2D eigenvalue weighted by Gasteiger charge is 2.34. The van der Waals surface area contributed by atoms with E-state index in [0.717, 1.165) is 36.5 Å². The van der Waals surface area contributed by atoms with Gasteiger partial charge in [-0.25, -0.2) is 8.42 Å². The third-order valence-corrected chi connectivity index (χ3v) is 8.53. The number of amides is 1. The molecule has 0 bridgehead atoms. The minimum absolute atomic E-state index is 0. The van der Waals surface area contributed by atoms with E-state index >= 15 is 0 Å². The number of halogens is 2. The van der Waals surface area contributed by atoms with E-state index < -0.39 is 10.0 Å². The summed E-state index contributed by atoms with van der Waals surface area (Å²) in [6, 6.07) is 10.6. The number of nitrogens with two attached hydrogens (primary N) is 1. The van der Waals surface area contributed by atoms with Crippen molar-refractivity contribution < 1.29 is 13.2 Å². The van der Waals surface area contributed by atoms with Crippen LogP contribution in [0.3, 0.4) is 0 Å². The van der Waals surface area contributed by atoms with E-state index in [1.165, 1.54) is 4.31 Å². The van der Waals surface area contributed by atoms with Gasteiger partial charge in [-0.05, 0) is 60.7 Å². The number of rotatable bonds is 4. The van der Waals surface area contributed by atoms with Crippen molar-refractivity contribution in [3.63, 3.8) is 0 Å². The third kappa shape index (κ3) is 5.71. The molecule has 2 aliphatic rings. The summed E-state index contributed by atoms with van der Waals surface area (Å²) in [5.41, 5.74) is 5.40. The molecule has 1 saturated heterocycles. The Morgan fingerprint density at radius 1 is 1.00 bits per heavy atom. The van der Waals surface area contributed by atoms with Crippen molar-refractivity contribution in [3.8, 4) is 0 Å². The number of fused-ring (bicyclic) bond motifs is 1. The molecule has 0 unspecified atom stereocenters. The smallest absolute Gasteiger partial charge is 0.243 e. The van der Waals surface area contributed by atoms with Gasteiger partial charge in [0.15, 0.2) is 5.96 Å². The third-order valence-electron chi connectivity index (χ3n) is 6.40. The van der Waals surface area contributed by atoms with Crippen LogP contribution >= 0.6 is 24.0 Å². The van der Waals surface area contributed by atoms with E-state index in [2.05, 4.69) is 5.32 Å². The zero-order valence-corrected chi connectivity index (χ0v) is 20.6.